The smallest absolute Gasteiger partial charge is 0.331 e. The Hall–Kier alpha value is -1.92. The molecule has 5 nitrogen and oxygen atoms in total. The average Bonchev–Trinajstić information content (AvgIpc) is 2.99. The van der Waals surface area contributed by atoms with Gasteiger partial charge in [0.1, 0.15) is 16.0 Å². The topological polar surface area (TPSA) is 55.6 Å². The maximum absolute atomic E-state index is 12.9. The molecule has 0 bridgehead atoms. The van der Waals surface area contributed by atoms with Crippen LogP contribution in [-0.2, 0) is 13.1 Å². The van der Waals surface area contributed by atoms with Crippen molar-refractivity contribution in [3.63, 3.8) is 0 Å². The standard InChI is InChI=1S/C17H19ClN4OS/c1-4-21-15-13(19-14(20-15)10(2)3)16(24)22(17(21)23)9-11-5-7-12(18)8-6-11/h5-8,10H,4,9H2,1-3H3,(H,19,20). The molecule has 0 atom stereocenters. The van der Waals surface area contributed by atoms with Crippen LogP contribution in [-0.4, -0.2) is 19.1 Å². The minimum atomic E-state index is -0.147. The van der Waals surface area contributed by atoms with Crippen molar-refractivity contribution in [1.29, 1.82) is 0 Å². The average molecular weight is 363 g/mol. The maximum atomic E-state index is 12.9. The number of aryl methyl sites for hydroxylation is 1. The highest BCUT2D eigenvalue weighted by atomic mass is 35.5. The van der Waals surface area contributed by atoms with E-state index < -0.39 is 0 Å². The monoisotopic (exact) mass is 362 g/mol. The lowest BCUT2D eigenvalue weighted by Gasteiger charge is -2.11. The quantitative estimate of drug-likeness (QED) is 0.711. The number of fused-ring (bicyclic) bond motifs is 1. The molecule has 126 valence electrons. The Balaban J connectivity index is 2.22. The number of aromatic nitrogens is 4. The van der Waals surface area contributed by atoms with E-state index in [2.05, 4.69) is 23.8 Å². The fourth-order valence-corrected chi connectivity index (χ4v) is 3.07. The lowest BCUT2D eigenvalue weighted by atomic mass is 10.2. The zero-order valence-electron chi connectivity index (χ0n) is 13.8. The van der Waals surface area contributed by atoms with Crippen LogP contribution in [0.25, 0.3) is 11.2 Å². The van der Waals surface area contributed by atoms with E-state index in [4.69, 9.17) is 23.8 Å². The number of nitrogens with one attached hydrogen (secondary N) is 1. The summed E-state index contributed by atoms with van der Waals surface area (Å²) in [5, 5.41) is 0.666. The molecule has 0 unspecified atom stereocenters. The van der Waals surface area contributed by atoms with Gasteiger partial charge in [-0.25, -0.2) is 9.78 Å². The van der Waals surface area contributed by atoms with Gasteiger partial charge in [0.05, 0.1) is 6.54 Å². The fourth-order valence-electron chi connectivity index (χ4n) is 2.65. The molecule has 1 aromatic carbocycles. The zero-order chi connectivity index (χ0) is 17.4. The van der Waals surface area contributed by atoms with E-state index in [0.717, 1.165) is 16.9 Å². The lowest BCUT2D eigenvalue weighted by Crippen LogP contribution is -2.31. The molecule has 24 heavy (non-hydrogen) atoms. The first-order valence-electron chi connectivity index (χ1n) is 7.90. The zero-order valence-corrected chi connectivity index (χ0v) is 15.4. The van der Waals surface area contributed by atoms with E-state index in [1.165, 1.54) is 0 Å². The number of imidazole rings is 1. The van der Waals surface area contributed by atoms with Crippen LogP contribution in [0.15, 0.2) is 29.1 Å². The lowest BCUT2D eigenvalue weighted by molar-refractivity contribution is 0.628. The second-order valence-electron chi connectivity index (χ2n) is 6.02. The van der Waals surface area contributed by atoms with Gasteiger partial charge in [0.25, 0.3) is 0 Å². The third kappa shape index (κ3) is 2.91. The minimum Gasteiger partial charge on any atom is -0.338 e. The van der Waals surface area contributed by atoms with Crippen LogP contribution < -0.4 is 5.69 Å². The molecule has 0 spiro atoms. The maximum Gasteiger partial charge on any atom is 0.331 e. The number of rotatable bonds is 4. The molecule has 3 rings (SSSR count). The summed E-state index contributed by atoms with van der Waals surface area (Å²) in [5.41, 5.74) is 2.19. The summed E-state index contributed by atoms with van der Waals surface area (Å²) in [6.45, 7) is 6.98. The van der Waals surface area contributed by atoms with E-state index in [9.17, 15) is 4.79 Å². The molecule has 0 saturated heterocycles. The van der Waals surface area contributed by atoms with Crippen molar-refractivity contribution in [1.82, 2.24) is 19.1 Å². The Morgan fingerprint density at radius 1 is 1.25 bits per heavy atom. The van der Waals surface area contributed by atoms with Crippen LogP contribution in [0.4, 0.5) is 0 Å². The molecule has 0 radical (unpaired) electrons. The number of hydrogen-bond donors (Lipinski definition) is 1. The number of halogens is 1. The second-order valence-corrected chi connectivity index (χ2v) is 6.84. The molecular weight excluding hydrogens is 344 g/mol. The van der Waals surface area contributed by atoms with Crippen LogP contribution in [0, 0.1) is 4.64 Å². The first-order valence-corrected chi connectivity index (χ1v) is 8.68. The van der Waals surface area contributed by atoms with Crippen molar-refractivity contribution in [3.05, 3.63) is 55.8 Å². The highest BCUT2D eigenvalue weighted by Gasteiger charge is 2.15. The van der Waals surface area contributed by atoms with Gasteiger partial charge in [-0.3, -0.25) is 9.13 Å². The minimum absolute atomic E-state index is 0.147. The van der Waals surface area contributed by atoms with Gasteiger partial charge < -0.3 is 4.98 Å². The second kappa shape index (κ2) is 6.53. The van der Waals surface area contributed by atoms with E-state index >= 15 is 0 Å². The molecule has 0 aliphatic heterocycles. The normalized spacial score (nSPS) is 11.5. The predicted molar refractivity (Wildman–Crippen MR) is 99.5 cm³/mol. The van der Waals surface area contributed by atoms with Gasteiger partial charge in [-0.2, -0.15) is 0 Å². The molecule has 0 fully saturated rings. The molecule has 2 aromatic heterocycles. The van der Waals surface area contributed by atoms with Gasteiger partial charge in [-0.1, -0.05) is 49.8 Å². The molecule has 0 amide bonds. The first-order chi connectivity index (χ1) is 11.4. The van der Waals surface area contributed by atoms with Crippen LogP contribution in [0.5, 0.6) is 0 Å². The molecule has 1 N–H and O–H groups in total. The van der Waals surface area contributed by atoms with Crippen LogP contribution in [0.3, 0.4) is 0 Å². The SMILES string of the molecule is CCn1c(=O)n(Cc2ccc(Cl)cc2)c(=S)c2[nH]c(C(C)C)nc21. The Morgan fingerprint density at radius 2 is 1.92 bits per heavy atom. The summed E-state index contributed by atoms with van der Waals surface area (Å²) >= 11 is 11.5. The number of hydrogen-bond acceptors (Lipinski definition) is 3. The molecule has 3 aromatic rings. The molecule has 0 saturated carbocycles. The highest BCUT2D eigenvalue weighted by Crippen LogP contribution is 2.18. The Bertz CT molecular complexity index is 998. The number of nitrogens with zero attached hydrogens (tertiary/aromatic N) is 3. The number of benzene rings is 1. The molecule has 0 aliphatic carbocycles. The van der Waals surface area contributed by atoms with Gasteiger partial charge in [0.2, 0.25) is 0 Å². The summed E-state index contributed by atoms with van der Waals surface area (Å²) < 4.78 is 3.74. The third-order valence-electron chi connectivity index (χ3n) is 4.00. The van der Waals surface area contributed by atoms with Gasteiger partial charge in [-0.05, 0) is 24.6 Å². The first kappa shape index (κ1) is 16.9. The summed E-state index contributed by atoms with van der Waals surface area (Å²) in [4.78, 5) is 20.7. The van der Waals surface area contributed by atoms with Crippen LogP contribution >= 0.6 is 23.8 Å². The summed E-state index contributed by atoms with van der Waals surface area (Å²) in [7, 11) is 0. The molecule has 0 aliphatic rings. The third-order valence-corrected chi connectivity index (χ3v) is 4.67. The Morgan fingerprint density at radius 3 is 2.50 bits per heavy atom. The summed E-state index contributed by atoms with van der Waals surface area (Å²) in [5.74, 6) is 1.07. The molecule has 2 heterocycles. The van der Waals surface area contributed by atoms with E-state index in [-0.39, 0.29) is 11.6 Å². The van der Waals surface area contributed by atoms with Gasteiger partial charge in [-0.15, -0.1) is 0 Å². The molecular formula is C17H19ClN4OS. The van der Waals surface area contributed by atoms with Crippen molar-refractivity contribution in [3.8, 4) is 0 Å². The van der Waals surface area contributed by atoms with Crippen molar-refractivity contribution >= 4 is 35.0 Å². The van der Waals surface area contributed by atoms with Crippen molar-refractivity contribution < 1.29 is 0 Å². The summed E-state index contributed by atoms with van der Waals surface area (Å²) in [6, 6.07) is 7.42. The van der Waals surface area contributed by atoms with E-state index in [1.54, 1.807) is 9.13 Å². The predicted octanol–water partition coefficient (Wildman–Crippen LogP) is 4.10. The van der Waals surface area contributed by atoms with E-state index in [1.807, 2.05) is 31.2 Å². The fraction of sp³-hybridized carbons (Fsp3) is 0.353. The van der Waals surface area contributed by atoms with Gasteiger partial charge in [0, 0.05) is 17.5 Å². The Labute approximate surface area is 149 Å². The van der Waals surface area contributed by atoms with Gasteiger partial charge >= 0.3 is 5.69 Å². The van der Waals surface area contributed by atoms with Crippen molar-refractivity contribution in [2.75, 3.05) is 0 Å². The van der Waals surface area contributed by atoms with Crippen LogP contribution in [0.2, 0.25) is 5.02 Å². The van der Waals surface area contributed by atoms with Gasteiger partial charge in [0.15, 0.2) is 5.65 Å². The Kier molecular flexibility index (Phi) is 4.60. The summed E-state index contributed by atoms with van der Waals surface area (Å²) in [6.07, 6.45) is 0. The van der Waals surface area contributed by atoms with Crippen molar-refractivity contribution in [2.45, 2.75) is 39.8 Å². The number of aromatic amines is 1. The highest BCUT2D eigenvalue weighted by molar-refractivity contribution is 7.71. The van der Waals surface area contributed by atoms with Crippen LogP contribution in [0.1, 0.15) is 38.1 Å². The van der Waals surface area contributed by atoms with E-state index in [0.29, 0.717) is 28.4 Å². The molecule has 7 heteroatoms. The van der Waals surface area contributed by atoms with Crippen molar-refractivity contribution in [2.24, 2.45) is 0 Å². The number of H-pyrrole nitrogens is 1. The largest absolute Gasteiger partial charge is 0.338 e.